The Hall–Kier alpha value is -0.560. The third kappa shape index (κ3) is 3.70. The van der Waals surface area contributed by atoms with E-state index in [1.165, 1.54) is 5.57 Å². The van der Waals surface area contributed by atoms with E-state index in [0.29, 0.717) is 0 Å². The van der Waals surface area contributed by atoms with E-state index in [2.05, 4.69) is 55.0 Å². The molecule has 0 saturated heterocycles. The number of allylic oxidation sites excluding steroid dienone is 1. The van der Waals surface area contributed by atoms with Gasteiger partial charge in [0, 0.05) is 5.92 Å². The third-order valence-corrected chi connectivity index (χ3v) is 3.87. The number of aliphatic hydroxyl groups is 1. The Morgan fingerprint density at radius 1 is 1.12 bits per heavy atom. The van der Waals surface area contributed by atoms with Crippen LogP contribution in [0.5, 0.6) is 0 Å². The van der Waals surface area contributed by atoms with Gasteiger partial charge in [-0.1, -0.05) is 66.2 Å². The molecule has 0 saturated carbocycles. The highest BCUT2D eigenvalue weighted by atomic mass is 16.3. The van der Waals surface area contributed by atoms with Crippen LogP contribution in [0.15, 0.2) is 24.3 Å². The molecule has 1 nitrogen and oxygen atoms in total. The summed E-state index contributed by atoms with van der Waals surface area (Å²) < 4.78 is 0. The molecule has 0 unspecified atom stereocenters. The molecule has 0 aromatic heterocycles. The van der Waals surface area contributed by atoms with Crippen LogP contribution in [0.25, 0.3) is 0 Å². The van der Waals surface area contributed by atoms with E-state index in [-0.39, 0.29) is 16.7 Å². The Morgan fingerprint density at radius 2 is 1.53 bits per heavy atom. The largest absolute Gasteiger partial charge is 0.385 e. The molecule has 0 aliphatic rings. The average molecular weight is 238 g/mol. The van der Waals surface area contributed by atoms with Gasteiger partial charge < -0.3 is 5.11 Å². The Bertz CT molecular complexity index is 298. The molecular formula is C16H30O. The topological polar surface area (TPSA) is 20.2 Å². The van der Waals surface area contributed by atoms with Crippen molar-refractivity contribution in [2.45, 2.75) is 61.0 Å². The van der Waals surface area contributed by atoms with Gasteiger partial charge >= 0.3 is 0 Å². The first-order valence-electron chi connectivity index (χ1n) is 6.41. The molecule has 0 aliphatic heterocycles. The average Bonchev–Trinajstić information content (AvgIpc) is 2.12. The summed E-state index contributed by atoms with van der Waals surface area (Å²) in [6.07, 6.45) is 3.86. The number of rotatable bonds is 3. The quantitative estimate of drug-likeness (QED) is 0.714. The van der Waals surface area contributed by atoms with Crippen molar-refractivity contribution in [2.75, 3.05) is 0 Å². The lowest BCUT2D eigenvalue weighted by Gasteiger charge is -2.43. The van der Waals surface area contributed by atoms with Crippen LogP contribution in [-0.2, 0) is 0 Å². The van der Waals surface area contributed by atoms with Crippen LogP contribution in [0.3, 0.4) is 0 Å². The summed E-state index contributed by atoms with van der Waals surface area (Å²) >= 11 is 0. The maximum absolute atomic E-state index is 11.0. The predicted molar refractivity (Wildman–Crippen MR) is 77.0 cm³/mol. The van der Waals surface area contributed by atoms with Gasteiger partial charge in [-0.3, -0.25) is 0 Å². The molecule has 1 N–H and O–H groups in total. The summed E-state index contributed by atoms with van der Waals surface area (Å²) in [5.74, 6) is 0.0276. The van der Waals surface area contributed by atoms with Crippen molar-refractivity contribution in [3.05, 3.63) is 24.3 Å². The minimum Gasteiger partial charge on any atom is -0.385 e. The Balaban J connectivity index is 5.61. The Morgan fingerprint density at radius 3 is 1.76 bits per heavy atom. The van der Waals surface area contributed by atoms with Crippen LogP contribution in [0.1, 0.15) is 55.4 Å². The van der Waals surface area contributed by atoms with Crippen molar-refractivity contribution in [1.29, 1.82) is 0 Å². The van der Waals surface area contributed by atoms with E-state index in [0.717, 1.165) is 0 Å². The molecule has 17 heavy (non-hydrogen) atoms. The molecular weight excluding hydrogens is 208 g/mol. The van der Waals surface area contributed by atoms with Crippen LogP contribution < -0.4 is 0 Å². The third-order valence-electron chi connectivity index (χ3n) is 3.87. The molecule has 0 heterocycles. The zero-order valence-electron chi connectivity index (χ0n) is 12.9. The van der Waals surface area contributed by atoms with E-state index in [9.17, 15) is 5.11 Å². The second-order valence-electron chi connectivity index (χ2n) is 7.18. The second-order valence-corrected chi connectivity index (χ2v) is 7.18. The maximum Gasteiger partial charge on any atom is 0.0937 e. The van der Waals surface area contributed by atoms with Gasteiger partial charge in [-0.2, -0.15) is 0 Å². The first-order valence-corrected chi connectivity index (χ1v) is 6.41. The highest BCUT2D eigenvalue weighted by Crippen LogP contribution is 2.41. The van der Waals surface area contributed by atoms with Gasteiger partial charge in [0.2, 0.25) is 0 Å². The molecule has 0 fully saturated rings. The fourth-order valence-corrected chi connectivity index (χ4v) is 1.76. The lowest BCUT2D eigenvalue weighted by molar-refractivity contribution is -0.0440. The van der Waals surface area contributed by atoms with Crippen LogP contribution in [0.2, 0.25) is 0 Å². The van der Waals surface area contributed by atoms with Crippen molar-refractivity contribution in [2.24, 2.45) is 16.7 Å². The van der Waals surface area contributed by atoms with E-state index in [1.807, 2.05) is 19.1 Å². The van der Waals surface area contributed by atoms with Crippen molar-refractivity contribution >= 4 is 0 Å². The molecule has 0 amide bonds. The van der Waals surface area contributed by atoms with E-state index >= 15 is 0 Å². The molecule has 2 atom stereocenters. The number of hydrogen-bond acceptors (Lipinski definition) is 1. The summed E-state index contributed by atoms with van der Waals surface area (Å²) in [7, 11) is 0. The lowest BCUT2D eigenvalue weighted by atomic mass is 9.67. The minimum atomic E-state index is -0.855. The van der Waals surface area contributed by atoms with E-state index < -0.39 is 5.60 Å². The zero-order chi connectivity index (χ0) is 14.1. The fraction of sp³-hybridized carbons (Fsp3) is 0.750. The van der Waals surface area contributed by atoms with Gasteiger partial charge in [0.1, 0.15) is 0 Å². The molecule has 0 radical (unpaired) electrons. The van der Waals surface area contributed by atoms with Crippen molar-refractivity contribution < 1.29 is 5.11 Å². The molecule has 0 aromatic carbocycles. The van der Waals surface area contributed by atoms with Gasteiger partial charge in [-0.05, 0) is 17.8 Å². The Labute approximate surface area is 108 Å². The monoisotopic (exact) mass is 238 g/mol. The normalized spacial score (nSPS) is 19.7. The Kier molecular flexibility index (Phi) is 4.81. The smallest absolute Gasteiger partial charge is 0.0937 e. The molecule has 0 aromatic rings. The van der Waals surface area contributed by atoms with Crippen molar-refractivity contribution in [3.63, 3.8) is 0 Å². The van der Waals surface area contributed by atoms with Gasteiger partial charge in [0.05, 0.1) is 5.60 Å². The maximum atomic E-state index is 11.0. The zero-order valence-corrected chi connectivity index (χ0v) is 12.9. The van der Waals surface area contributed by atoms with Gasteiger partial charge in [-0.25, -0.2) is 0 Å². The first-order chi connectivity index (χ1) is 7.36. The van der Waals surface area contributed by atoms with Gasteiger partial charge in [-0.15, -0.1) is 6.58 Å². The van der Waals surface area contributed by atoms with Crippen molar-refractivity contribution in [1.82, 2.24) is 0 Å². The predicted octanol–water partition coefficient (Wildman–Crippen LogP) is 4.58. The molecule has 0 bridgehead atoms. The van der Waals surface area contributed by atoms with Crippen LogP contribution in [-0.4, -0.2) is 10.7 Å². The van der Waals surface area contributed by atoms with Crippen LogP contribution in [0, 0.1) is 16.7 Å². The van der Waals surface area contributed by atoms with Crippen LogP contribution in [0.4, 0.5) is 0 Å². The summed E-state index contributed by atoms with van der Waals surface area (Å²) in [5, 5.41) is 11.0. The van der Waals surface area contributed by atoms with Crippen LogP contribution >= 0.6 is 0 Å². The highest BCUT2D eigenvalue weighted by Gasteiger charge is 2.42. The van der Waals surface area contributed by atoms with Gasteiger partial charge in [0.25, 0.3) is 0 Å². The van der Waals surface area contributed by atoms with E-state index in [4.69, 9.17) is 0 Å². The standard InChI is InChI=1S/C16H30O/c1-10-12(2)16(17,15(7,8)9)11-13(3)14(4,5)6/h10-12,17H,1H2,2-9H3/b13-11+/t12-,16+/m1/s1. The fourth-order valence-electron chi connectivity index (χ4n) is 1.76. The number of hydrogen-bond donors (Lipinski definition) is 1. The molecule has 100 valence electrons. The summed E-state index contributed by atoms with van der Waals surface area (Å²) in [6.45, 7) is 20.6. The second kappa shape index (κ2) is 4.97. The molecule has 0 rings (SSSR count). The minimum absolute atomic E-state index is 0.0276. The molecule has 0 spiro atoms. The van der Waals surface area contributed by atoms with Crippen molar-refractivity contribution in [3.8, 4) is 0 Å². The molecule has 1 heteroatoms. The molecule has 0 aliphatic carbocycles. The summed E-state index contributed by atoms with van der Waals surface area (Å²) in [5.41, 5.74) is 0.225. The highest BCUT2D eigenvalue weighted by molar-refractivity contribution is 5.20. The summed E-state index contributed by atoms with van der Waals surface area (Å²) in [6, 6.07) is 0. The lowest BCUT2D eigenvalue weighted by Crippen LogP contribution is -2.46. The first kappa shape index (κ1) is 16.4. The van der Waals surface area contributed by atoms with Gasteiger partial charge in [0.15, 0.2) is 0 Å². The van der Waals surface area contributed by atoms with E-state index in [1.54, 1.807) is 0 Å². The SMILES string of the molecule is C=C[C@@H](C)[C@@](O)(/C=C(\C)C(C)(C)C)C(C)(C)C. The summed E-state index contributed by atoms with van der Waals surface area (Å²) in [4.78, 5) is 0.